The predicted molar refractivity (Wildman–Crippen MR) is 142 cm³/mol. The third-order valence-corrected chi connectivity index (χ3v) is 8.25. The Balaban J connectivity index is 1.48. The molecule has 0 radical (unpaired) electrons. The van der Waals surface area contributed by atoms with E-state index in [4.69, 9.17) is 16.3 Å². The van der Waals surface area contributed by atoms with Crippen molar-refractivity contribution < 1.29 is 29.0 Å². The maximum absolute atomic E-state index is 14.4. The molecule has 9 nitrogen and oxygen atoms in total. The van der Waals surface area contributed by atoms with Crippen LogP contribution in [0.25, 0.3) is 0 Å². The molecular formula is C29H24ClN3O6. The largest absolute Gasteiger partial charge is 0.497 e. The van der Waals surface area contributed by atoms with Gasteiger partial charge in [-0.25, -0.2) is 4.90 Å². The number of carboxylic acids is 1. The average molecular weight is 546 g/mol. The van der Waals surface area contributed by atoms with Crippen LogP contribution in [-0.4, -0.2) is 41.9 Å². The zero-order valence-electron chi connectivity index (χ0n) is 20.8. The van der Waals surface area contributed by atoms with Crippen LogP contribution in [0.5, 0.6) is 5.75 Å². The number of imide groups is 1. The normalized spacial score (nSPS) is 25.4. The van der Waals surface area contributed by atoms with E-state index in [2.05, 4.69) is 5.32 Å². The molecule has 0 bridgehead atoms. The lowest BCUT2D eigenvalue weighted by molar-refractivity contribution is -0.138. The van der Waals surface area contributed by atoms with E-state index < -0.39 is 53.5 Å². The number of halogens is 1. The standard InChI is InChI=1S/C29H24ClN3O6/c1-39-18-12-10-17(11-13-18)33-26(36)24-21(14-23(34)35)31-29(25(24)27(33)37)19-7-3-5-9-22(19)32(28(29)38)15-16-6-2-4-8-20(16)30/h2-13,21,24-25,31H,14-15H2,1H3,(H,34,35)/t21-,24-,25+,29-/m1/s1. The van der Waals surface area contributed by atoms with Gasteiger partial charge in [-0.05, 0) is 42.0 Å². The first kappa shape index (κ1) is 25.1. The molecule has 10 heteroatoms. The Bertz CT molecular complexity index is 1530. The lowest BCUT2D eigenvalue weighted by atomic mass is 9.76. The molecule has 1 spiro atoms. The molecule has 3 heterocycles. The Hall–Kier alpha value is -4.21. The molecule has 3 amide bonds. The molecule has 0 aromatic heterocycles. The second kappa shape index (κ2) is 9.21. The number of ether oxygens (including phenoxy) is 1. The van der Waals surface area contributed by atoms with E-state index >= 15 is 0 Å². The maximum atomic E-state index is 14.4. The maximum Gasteiger partial charge on any atom is 0.304 e. The number of benzene rings is 3. The highest BCUT2D eigenvalue weighted by Crippen LogP contribution is 2.55. The van der Waals surface area contributed by atoms with Gasteiger partial charge in [0.15, 0.2) is 0 Å². The Morgan fingerprint density at radius 1 is 1.00 bits per heavy atom. The van der Waals surface area contributed by atoms with Gasteiger partial charge in [-0.2, -0.15) is 0 Å². The van der Waals surface area contributed by atoms with Crippen molar-refractivity contribution in [1.29, 1.82) is 0 Å². The number of carboxylic acid groups (broad SMARTS) is 1. The summed E-state index contributed by atoms with van der Waals surface area (Å²) in [5, 5.41) is 13.4. The second-order valence-electron chi connectivity index (χ2n) is 9.87. The SMILES string of the molecule is COc1ccc(N2C(=O)[C@H]3[C@@H](C2=O)[C@@]2(N[C@@H]3CC(=O)O)C(=O)N(Cc3ccccc3Cl)c3ccccc32)cc1. The van der Waals surface area contributed by atoms with Gasteiger partial charge in [-0.3, -0.25) is 24.5 Å². The molecule has 3 aromatic rings. The summed E-state index contributed by atoms with van der Waals surface area (Å²) >= 11 is 6.42. The van der Waals surface area contributed by atoms with E-state index in [-0.39, 0.29) is 6.54 Å². The monoisotopic (exact) mass is 545 g/mol. The minimum Gasteiger partial charge on any atom is -0.497 e. The van der Waals surface area contributed by atoms with E-state index in [9.17, 15) is 24.3 Å². The molecule has 3 aromatic carbocycles. The lowest BCUT2D eigenvalue weighted by Gasteiger charge is -2.30. The van der Waals surface area contributed by atoms with Crippen molar-refractivity contribution in [2.75, 3.05) is 16.9 Å². The zero-order chi connectivity index (χ0) is 27.5. The van der Waals surface area contributed by atoms with Gasteiger partial charge in [0, 0.05) is 22.3 Å². The van der Waals surface area contributed by atoms with Crippen molar-refractivity contribution in [1.82, 2.24) is 5.32 Å². The number of nitrogens with one attached hydrogen (secondary N) is 1. The molecule has 2 fully saturated rings. The molecule has 39 heavy (non-hydrogen) atoms. The number of hydrogen-bond acceptors (Lipinski definition) is 6. The van der Waals surface area contributed by atoms with Crippen LogP contribution >= 0.6 is 11.6 Å². The number of carbonyl (C=O) groups is 4. The van der Waals surface area contributed by atoms with Crippen molar-refractivity contribution in [3.05, 3.63) is 88.9 Å². The fraction of sp³-hybridized carbons (Fsp3) is 0.241. The average Bonchev–Trinajstić information content (AvgIpc) is 3.48. The third-order valence-electron chi connectivity index (χ3n) is 7.88. The summed E-state index contributed by atoms with van der Waals surface area (Å²) in [5.74, 6) is -4.30. The number of rotatable bonds is 6. The quantitative estimate of drug-likeness (QED) is 0.456. The number of aliphatic carboxylic acids is 1. The van der Waals surface area contributed by atoms with Crippen LogP contribution in [0.4, 0.5) is 11.4 Å². The Morgan fingerprint density at radius 2 is 1.69 bits per heavy atom. The first-order valence-corrected chi connectivity index (χ1v) is 12.8. The molecule has 2 saturated heterocycles. The van der Waals surface area contributed by atoms with Crippen molar-refractivity contribution in [2.45, 2.75) is 24.5 Å². The van der Waals surface area contributed by atoms with Crippen LogP contribution in [0, 0.1) is 11.8 Å². The van der Waals surface area contributed by atoms with Crippen LogP contribution in [0.2, 0.25) is 5.02 Å². The van der Waals surface area contributed by atoms with E-state index in [1.807, 2.05) is 12.1 Å². The van der Waals surface area contributed by atoms with E-state index in [1.165, 1.54) is 7.11 Å². The molecule has 3 aliphatic heterocycles. The van der Waals surface area contributed by atoms with E-state index in [0.717, 1.165) is 4.90 Å². The van der Waals surface area contributed by atoms with Gasteiger partial charge in [-0.15, -0.1) is 0 Å². The smallest absolute Gasteiger partial charge is 0.304 e. The number of methoxy groups -OCH3 is 1. The molecule has 6 rings (SSSR count). The summed E-state index contributed by atoms with van der Waals surface area (Å²) in [5.41, 5.74) is 0.535. The fourth-order valence-corrected chi connectivity index (χ4v) is 6.45. The number of hydrogen-bond donors (Lipinski definition) is 2. The summed E-state index contributed by atoms with van der Waals surface area (Å²) in [7, 11) is 1.51. The number of anilines is 2. The van der Waals surface area contributed by atoms with Crippen LogP contribution in [0.1, 0.15) is 17.5 Å². The summed E-state index contributed by atoms with van der Waals surface area (Å²) in [4.78, 5) is 56.8. The minimum absolute atomic E-state index is 0.143. The van der Waals surface area contributed by atoms with Crippen LogP contribution in [0.3, 0.4) is 0 Å². The van der Waals surface area contributed by atoms with Gasteiger partial charge in [-0.1, -0.05) is 48.0 Å². The Labute approximate surface area is 228 Å². The molecule has 0 saturated carbocycles. The minimum atomic E-state index is -1.61. The summed E-state index contributed by atoms with van der Waals surface area (Å²) in [6, 6.07) is 19.8. The molecule has 0 unspecified atom stereocenters. The number of fused-ring (bicyclic) bond motifs is 4. The zero-order valence-corrected chi connectivity index (χ0v) is 21.6. The highest BCUT2D eigenvalue weighted by molar-refractivity contribution is 6.31. The summed E-state index contributed by atoms with van der Waals surface area (Å²) < 4.78 is 5.20. The highest BCUT2D eigenvalue weighted by atomic mass is 35.5. The third kappa shape index (κ3) is 3.65. The van der Waals surface area contributed by atoms with Gasteiger partial charge in [0.1, 0.15) is 11.3 Å². The molecule has 198 valence electrons. The highest BCUT2D eigenvalue weighted by Gasteiger charge is 2.71. The fourth-order valence-electron chi connectivity index (χ4n) is 6.25. The molecule has 0 aliphatic carbocycles. The van der Waals surface area contributed by atoms with Crippen LogP contribution in [0.15, 0.2) is 72.8 Å². The summed E-state index contributed by atoms with van der Waals surface area (Å²) in [6.07, 6.45) is -0.432. The Morgan fingerprint density at radius 3 is 2.38 bits per heavy atom. The van der Waals surface area contributed by atoms with Crippen LogP contribution < -0.4 is 19.9 Å². The van der Waals surface area contributed by atoms with Crippen molar-refractivity contribution >= 4 is 46.7 Å². The molecule has 2 N–H and O–H groups in total. The van der Waals surface area contributed by atoms with Crippen molar-refractivity contribution in [3.8, 4) is 5.75 Å². The number of amides is 3. The first-order chi connectivity index (χ1) is 18.8. The first-order valence-electron chi connectivity index (χ1n) is 12.4. The van der Waals surface area contributed by atoms with Crippen LogP contribution in [-0.2, 0) is 31.3 Å². The molecule has 4 atom stereocenters. The Kier molecular flexibility index (Phi) is 5.93. The van der Waals surface area contributed by atoms with Crippen molar-refractivity contribution in [2.24, 2.45) is 11.8 Å². The van der Waals surface area contributed by atoms with Gasteiger partial charge in [0.25, 0.3) is 5.91 Å². The molecule has 3 aliphatic rings. The van der Waals surface area contributed by atoms with E-state index in [0.29, 0.717) is 33.3 Å². The van der Waals surface area contributed by atoms with Crippen molar-refractivity contribution in [3.63, 3.8) is 0 Å². The molecular weight excluding hydrogens is 522 g/mol. The second-order valence-corrected chi connectivity index (χ2v) is 10.3. The number of carbonyl (C=O) groups excluding carboxylic acids is 3. The summed E-state index contributed by atoms with van der Waals surface area (Å²) in [6.45, 7) is 0.143. The number of para-hydroxylation sites is 1. The lowest BCUT2D eigenvalue weighted by Crippen LogP contribution is -2.55. The van der Waals surface area contributed by atoms with Gasteiger partial charge in [0.05, 0.1) is 37.6 Å². The van der Waals surface area contributed by atoms with Gasteiger partial charge >= 0.3 is 5.97 Å². The number of nitrogens with zero attached hydrogens (tertiary/aromatic N) is 2. The van der Waals surface area contributed by atoms with Gasteiger partial charge in [0.2, 0.25) is 11.8 Å². The van der Waals surface area contributed by atoms with Gasteiger partial charge < -0.3 is 14.7 Å². The topological polar surface area (TPSA) is 116 Å². The predicted octanol–water partition coefficient (Wildman–Crippen LogP) is 3.34. The van der Waals surface area contributed by atoms with E-state index in [1.54, 1.807) is 65.6 Å².